The molecule has 1 aromatic carbocycles. The Morgan fingerprint density at radius 2 is 2.04 bits per heavy atom. The molecular formula is C15H14N6O2. The van der Waals surface area contributed by atoms with Gasteiger partial charge in [0.15, 0.2) is 0 Å². The van der Waals surface area contributed by atoms with Crippen LogP contribution in [0.3, 0.4) is 0 Å². The summed E-state index contributed by atoms with van der Waals surface area (Å²) in [5.41, 5.74) is 1.44. The molecule has 0 aliphatic heterocycles. The zero-order valence-corrected chi connectivity index (χ0v) is 12.4. The van der Waals surface area contributed by atoms with E-state index in [1.165, 1.54) is 4.80 Å². The maximum atomic E-state index is 12.0. The van der Waals surface area contributed by atoms with Gasteiger partial charge in [-0.1, -0.05) is 6.07 Å². The molecule has 0 aliphatic carbocycles. The van der Waals surface area contributed by atoms with Crippen LogP contribution in [0.15, 0.2) is 48.7 Å². The van der Waals surface area contributed by atoms with Gasteiger partial charge in [0.25, 0.3) is 11.7 Å². The molecule has 0 fully saturated rings. The molecule has 8 nitrogen and oxygen atoms in total. The Balaban J connectivity index is 1.67. The number of aromatic nitrogens is 5. The second-order valence-corrected chi connectivity index (χ2v) is 4.60. The molecule has 1 amide bonds. The highest BCUT2D eigenvalue weighted by Gasteiger charge is 2.13. The van der Waals surface area contributed by atoms with Crippen molar-refractivity contribution in [2.45, 2.75) is 6.54 Å². The van der Waals surface area contributed by atoms with Crippen LogP contribution >= 0.6 is 0 Å². The van der Waals surface area contributed by atoms with Crippen LogP contribution in [-0.4, -0.2) is 38.2 Å². The average molecular weight is 310 g/mol. The van der Waals surface area contributed by atoms with E-state index in [2.05, 4.69) is 25.7 Å². The lowest BCUT2D eigenvalue weighted by molar-refractivity contribution is 0.0940. The van der Waals surface area contributed by atoms with Crippen molar-refractivity contribution in [3.05, 3.63) is 60.2 Å². The number of nitrogens with one attached hydrogen (secondary N) is 1. The summed E-state index contributed by atoms with van der Waals surface area (Å²) in [7, 11) is 1.59. The van der Waals surface area contributed by atoms with Gasteiger partial charge in [-0.3, -0.25) is 9.78 Å². The molecule has 0 bridgehead atoms. The minimum absolute atomic E-state index is 0.00301. The lowest BCUT2D eigenvalue weighted by Crippen LogP contribution is -2.24. The van der Waals surface area contributed by atoms with E-state index in [0.717, 1.165) is 11.4 Å². The van der Waals surface area contributed by atoms with Gasteiger partial charge < -0.3 is 10.1 Å². The van der Waals surface area contributed by atoms with Crippen molar-refractivity contribution >= 4 is 5.91 Å². The van der Waals surface area contributed by atoms with Gasteiger partial charge >= 0.3 is 0 Å². The van der Waals surface area contributed by atoms with Crippen molar-refractivity contribution in [3.63, 3.8) is 0 Å². The zero-order chi connectivity index (χ0) is 16.1. The Labute approximate surface area is 132 Å². The fourth-order valence-electron chi connectivity index (χ4n) is 1.88. The molecule has 0 saturated heterocycles. The molecule has 3 rings (SSSR count). The first-order valence-electron chi connectivity index (χ1n) is 6.89. The third kappa shape index (κ3) is 3.49. The van der Waals surface area contributed by atoms with E-state index in [1.807, 2.05) is 18.2 Å². The Morgan fingerprint density at radius 1 is 1.22 bits per heavy atom. The Hall–Kier alpha value is -3.29. The summed E-state index contributed by atoms with van der Waals surface area (Å²) in [6, 6.07) is 12.6. The summed E-state index contributed by atoms with van der Waals surface area (Å²) in [5.74, 6) is 0.314. The van der Waals surface area contributed by atoms with E-state index >= 15 is 0 Å². The number of benzene rings is 1. The Bertz CT molecular complexity index is 785. The van der Waals surface area contributed by atoms with Crippen LogP contribution in [0.5, 0.6) is 5.75 Å². The quantitative estimate of drug-likeness (QED) is 0.755. The standard InChI is InChI=1S/C15H14N6O2/c1-23-13-7-5-12(6-8-13)21-19-14(18-20-21)15(22)17-10-11-4-2-3-9-16-11/h2-9H,10H2,1H3,(H,17,22). The highest BCUT2D eigenvalue weighted by molar-refractivity contribution is 5.90. The van der Waals surface area contributed by atoms with Crippen LogP contribution in [0.1, 0.15) is 16.3 Å². The maximum absolute atomic E-state index is 12.0. The van der Waals surface area contributed by atoms with Crippen molar-refractivity contribution in [1.29, 1.82) is 0 Å². The molecule has 0 atom stereocenters. The van der Waals surface area contributed by atoms with Crippen molar-refractivity contribution < 1.29 is 9.53 Å². The first-order valence-corrected chi connectivity index (χ1v) is 6.89. The molecule has 23 heavy (non-hydrogen) atoms. The molecule has 3 aromatic rings. The third-order valence-corrected chi connectivity index (χ3v) is 3.08. The predicted molar refractivity (Wildman–Crippen MR) is 81.1 cm³/mol. The molecule has 0 saturated carbocycles. The molecule has 0 radical (unpaired) electrons. The number of carbonyl (C=O) groups excluding carboxylic acids is 1. The van der Waals surface area contributed by atoms with Gasteiger partial charge in [-0.2, -0.15) is 0 Å². The number of hydrogen-bond acceptors (Lipinski definition) is 6. The normalized spacial score (nSPS) is 10.3. The van der Waals surface area contributed by atoms with Crippen LogP contribution in [-0.2, 0) is 6.54 Å². The first kappa shape index (κ1) is 14.6. The van der Waals surface area contributed by atoms with Gasteiger partial charge in [-0.25, -0.2) is 0 Å². The fourth-order valence-corrected chi connectivity index (χ4v) is 1.88. The highest BCUT2D eigenvalue weighted by atomic mass is 16.5. The number of methoxy groups -OCH3 is 1. The van der Waals surface area contributed by atoms with Crippen molar-refractivity contribution in [2.75, 3.05) is 7.11 Å². The van der Waals surface area contributed by atoms with Gasteiger partial charge in [0, 0.05) is 6.20 Å². The number of carbonyl (C=O) groups is 1. The third-order valence-electron chi connectivity index (χ3n) is 3.08. The summed E-state index contributed by atoms with van der Waals surface area (Å²) in [4.78, 5) is 17.4. The van der Waals surface area contributed by atoms with E-state index in [1.54, 1.807) is 37.6 Å². The SMILES string of the molecule is COc1ccc(-n2nnc(C(=O)NCc3ccccn3)n2)cc1. The highest BCUT2D eigenvalue weighted by Crippen LogP contribution is 2.13. The van der Waals surface area contributed by atoms with Crippen molar-refractivity contribution in [1.82, 2.24) is 30.5 Å². The smallest absolute Gasteiger partial charge is 0.293 e. The molecule has 2 aromatic heterocycles. The first-order chi connectivity index (χ1) is 11.3. The van der Waals surface area contributed by atoms with E-state index in [4.69, 9.17) is 4.74 Å². The van der Waals surface area contributed by atoms with Crippen LogP contribution < -0.4 is 10.1 Å². The second kappa shape index (κ2) is 6.65. The summed E-state index contributed by atoms with van der Waals surface area (Å²) in [6.45, 7) is 0.302. The lowest BCUT2D eigenvalue weighted by Gasteiger charge is -2.02. The van der Waals surface area contributed by atoms with E-state index in [0.29, 0.717) is 12.2 Å². The monoisotopic (exact) mass is 310 g/mol. The number of ether oxygens (including phenoxy) is 1. The molecule has 0 unspecified atom stereocenters. The molecule has 2 heterocycles. The topological polar surface area (TPSA) is 94.8 Å². The molecule has 1 N–H and O–H groups in total. The van der Waals surface area contributed by atoms with Gasteiger partial charge in [0.2, 0.25) is 0 Å². The number of pyridine rings is 1. The van der Waals surface area contributed by atoms with E-state index < -0.39 is 5.91 Å². The average Bonchev–Trinajstić information content (AvgIpc) is 3.11. The second-order valence-electron chi connectivity index (χ2n) is 4.60. The minimum Gasteiger partial charge on any atom is -0.497 e. The van der Waals surface area contributed by atoms with Crippen LogP contribution in [0.2, 0.25) is 0 Å². The molecular weight excluding hydrogens is 296 g/mol. The fraction of sp³-hybridized carbons (Fsp3) is 0.133. The maximum Gasteiger partial charge on any atom is 0.293 e. The number of tetrazole rings is 1. The minimum atomic E-state index is -0.407. The predicted octanol–water partition coefficient (Wildman–Crippen LogP) is 0.996. The summed E-state index contributed by atoms with van der Waals surface area (Å²) >= 11 is 0. The van der Waals surface area contributed by atoms with Gasteiger partial charge in [0.1, 0.15) is 5.75 Å². The number of amides is 1. The van der Waals surface area contributed by atoms with Gasteiger partial charge in [-0.15, -0.1) is 15.0 Å². The number of nitrogens with zero attached hydrogens (tertiary/aromatic N) is 5. The summed E-state index contributed by atoms with van der Waals surface area (Å²) in [5, 5.41) is 14.4. The van der Waals surface area contributed by atoms with Crippen LogP contribution in [0, 0.1) is 0 Å². The molecule has 0 spiro atoms. The van der Waals surface area contributed by atoms with Gasteiger partial charge in [0.05, 0.1) is 25.0 Å². The molecule has 8 heteroatoms. The Kier molecular flexibility index (Phi) is 4.23. The summed E-state index contributed by atoms with van der Waals surface area (Å²) in [6.07, 6.45) is 1.67. The van der Waals surface area contributed by atoms with Crippen LogP contribution in [0.4, 0.5) is 0 Å². The molecule has 0 aliphatic rings. The number of rotatable bonds is 5. The molecule has 116 valence electrons. The van der Waals surface area contributed by atoms with Crippen molar-refractivity contribution in [2.24, 2.45) is 0 Å². The number of hydrogen-bond donors (Lipinski definition) is 1. The Morgan fingerprint density at radius 3 is 2.74 bits per heavy atom. The van der Waals surface area contributed by atoms with E-state index in [-0.39, 0.29) is 5.82 Å². The summed E-state index contributed by atoms with van der Waals surface area (Å²) < 4.78 is 5.09. The largest absolute Gasteiger partial charge is 0.497 e. The van der Waals surface area contributed by atoms with Gasteiger partial charge in [-0.05, 0) is 41.6 Å². The zero-order valence-electron chi connectivity index (χ0n) is 12.4. The lowest BCUT2D eigenvalue weighted by atomic mass is 10.3. The van der Waals surface area contributed by atoms with E-state index in [9.17, 15) is 4.79 Å². The van der Waals surface area contributed by atoms with Crippen molar-refractivity contribution in [3.8, 4) is 11.4 Å². The van der Waals surface area contributed by atoms with Crippen LogP contribution in [0.25, 0.3) is 5.69 Å².